The van der Waals surface area contributed by atoms with Crippen LogP contribution in [-0.2, 0) is 6.54 Å². The first-order valence-corrected chi connectivity index (χ1v) is 6.06. The molecular formula is C13H13ClN2O3. The molecule has 0 N–H and O–H groups in total. The fourth-order valence-corrected chi connectivity index (χ4v) is 1.70. The van der Waals surface area contributed by atoms with Crippen molar-refractivity contribution < 1.29 is 9.47 Å². The van der Waals surface area contributed by atoms with Gasteiger partial charge in [0.05, 0.1) is 20.0 Å². The van der Waals surface area contributed by atoms with E-state index in [4.69, 9.17) is 21.1 Å². The molecule has 2 rings (SSSR count). The van der Waals surface area contributed by atoms with Crippen LogP contribution in [0.3, 0.4) is 0 Å². The summed E-state index contributed by atoms with van der Waals surface area (Å²) in [5, 5.41) is 0.187. The quantitative estimate of drug-likeness (QED) is 0.786. The maximum Gasteiger partial charge on any atom is 0.254 e. The molecule has 6 heteroatoms. The van der Waals surface area contributed by atoms with E-state index in [1.807, 2.05) is 24.3 Å². The Morgan fingerprint density at radius 2 is 2.05 bits per heavy atom. The van der Waals surface area contributed by atoms with Crippen molar-refractivity contribution in [2.24, 2.45) is 0 Å². The van der Waals surface area contributed by atoms with Gasteiger partial charge in [-0.2, -0.15) is 0 Å². The minimum absolute atomic E-state index is 0.187. The lowest BCUT2D eigenvalue weighted by molar-refractivity contribution is 0.277. The number of hydrogen-bond acceptors (Lipinski definition) is 4. The van der Waals surface area contributed by atoms with Crippen molar-refractivity contribution in [3.63, 3.8) is 0 Å². The van der Waals surface area contributed by atoms with Crippen LogP contribution in [0.1, 0.15) is 0 Å². The van der Waals surface area contributed by atoms with E-state index >= 15 is 0 Å². The number of para-hydroxylation sites is 2. The van der Waals surface area contributed by atoms with Gasteiger partial charge < -0.3 is 9.47 Å². The molecule has 0 aliphatic carbocycles. The van der Waals surface area contributed by atoms with Gasteiger partial charge in [-0.1, -0.05) is 23.7 Å². The van der Waals surface area contributed by atoms with E-state index < -0.39 is 0 Å². The van der Waals surface area contributed by atoms with Gasteiger partial charge >= 0.3 is 0 Å². The van der Waals surface area contributed by atoms with Crippen molar-refractivity contribution >= 4 is 11.6 Å². The minimum Gasteiger partial charge on any atom is -0.493 e. The molecule has 0 aliphatic heterocycles. The van der Waals surface area contributed by atoms with Crippen LogP contribution in [0, 0.1) is 0 Å². The van der Waals surface area contributed by atoms with Gasteiger partial charge in [-0.15, -0.1) is 0 Å². The van der Waals surface area contributed by atoms with Gasteiger partial charge in [-0.3, -0.25) is 9.36 Å². The van der Waals surface area contributed by atoms with E-state index in [-0.39, 0.29) is 10.7 Å². The number of nitrogens with zero attached hydrogens (tertiary/aromatic N) is 2. The summed E-state index contributed by atoms with van der Waals surface area (Å²) in [6, 6.07) is 8.60. The summed E-state index contributed by atoms with van der Waals surface area (Å²) < 4.78 is 12.2. The largest absolute Gasteiger partial charge is 0.493 e. The highest BCUT2D eigenvalue weighted by atomic mass is 35.5. The number of hydrogen-bond donors (Lipinski definition) is 0. The molecular weight excluding hydrogens is 268 g/mol. The summed E-state index contributed by atoms with van der Waals surface area (Å²) in [7, 11) is 1.58. The zero-order chi connectivity index (χ0) is 13.7. The molecule has 0 bridgehead atoms. The molecule has 2 aromatic rings. The van der Waals surface area contributed by atoms with Crippen LogP contribution in [-0.4, -0.2) is 23.3 Å². The van der Waals surface area contributed by atoms with Crippen molar-refractivity contribution in [2.75, 3.05) is 13.7 Å². The summed E-state index contributed by atoms with van der Waals surface area (Å²) in [6.07, 6.45) is 1.40. The Morgan fingerprint density at radius 1 is 1.32 bits per heavy atom. The third kappa shape index (κ3) is 3.48. The maximum absolute atomic E-state index is 11.6. The molecule has 0 radical (unpaired) electrons. The first-order valence-electron chi connectivity index (χ1n) is 5.68. The molecule has 100 valence electrons. The lowest BCUT2D eigenvalue weighted by Gasteiger charge is -2.10. The van der Waals surface area contributed by atoms with Crippen LogP contribution in [0.4, 0.5) is 0 Å². The summed E-state index contributed by atoms with van der Waals surface area (Å²) in [5.41, 5.74) is -0.205. The number of ether oxygens (including phenoxy) is 2. The Balaban J connectivity index is 1.98. The summed E-state index contributed by atoms with van der Waals surface area (Å²) in [6.45, 7) is 0.727. The van der Waals surface area contributed by atoms with Crippen molar-refractivity contribution in [2.45, 2.75) is 6.54 Å². The van der Waals surface area contributed by atoms with Crippen molar-refractivity contribution in [1.82, 2.24) is 9.55 Å². The first kappa shape index (κ1) is 13.4. The van der Waals surface area contributed by atoms with Gasteiger partial charge in [0.25, 0.3) is 5.56 Å². The molecule has 1 aromatic heterocycles. The highest BCUT2D eigenvalue weighted by Gasteiger charge is 2.03. The predicted octanol–water partition coefficient (Wildman–Crippen LogP) is 1.98. The van der Waals surface area contributed by atoms with Crippen LogP contribution in [0.15, 0.2) is 41.5 Å². The van der Waals surface area contributed by atoms with Crippen LogP contribution >= 0.6 is 11.6 Å². The van der Waals surface area contributed by atoms with Gasteiger partial charge in [-0.05, 0) is 12.1 Å². The van der Waals surface area contributed by atoms with Crippen LogP contribution in [0.25, 0.3) is 0 Å². The van der Waals surface area contributed by atoms with E-state index in [2.05, 4.69) is 4.98 Å². The molecule has 1 heterocycles. The standard InChI is InChI=1S/C13H13ClN2O3/c1-18-10-4-2-3-5-11(10)19-7-6-16-9-15-12(14)8-13(16)17/h2-5,8-9H,6-7H2,1H3. The second-order valence-electron chi connectivity index (χ2n) is 3.74. The van der Waals surface area contributed by atoms with Gasteiger partial charge in [0.15, 0.2) is 11.5 Å². The molecule has 0 amide bonds. The fourth-order valence-electron chi connectivity index (χ4n) is 1.56. The predicted molar refractivity (Wildman–Crippen MR) is 72.0 cm³/mol. The smallest absolute Gasteiger partial charge is 0.254 e. The third-order valence-electron chi connectivity index (χ3n) is 2.50. The molecule has 0 spiro atoms. The highest BCUT2D eigenvalue weighted by Crippen LogP contribution is 2.25. The zero-order valence-corrected chi connectivity index (χ0v) is 11.1. The number of halogens is 1. The molecule has 0 saturated heterocycles. The molecule has 0 unspecified atom stereocenters. The average Bonchev–Trinajstić information content (AvgIpc) is 2.42. The molecule has 0 saturated carbocycles. The van der Waals surface area contributed by atoms with E-state index in [0.717, 1.165) is 0 Å². The Morgan fingerprint density at radius 3 is 2.74 bits per heavy atom. The molecule has 1 aromatic carbocycles. The van der Waals surface area contributed by atoms with E-state index in [9.17, 15) is 4.79 Å². The third-order valence-corrected chi connectivity index (χ3v) is 2.71. The summed E-state index contributed by atoms with van der Waals surface area (Å²) in [4.78, 5) is 15.4. The normalized spacial score (nSPS) is 10.2. The minimum atomic E-state index is -0.205. The maximum atomic E-state index is 11.6. The van der Waals surface area contributed by atoms with E-state index in [1.54, 1.807) is 7.11 Å². The molecule has 5 nitrogen and oxygen atoms in total. The second-order valence-corrected chi connectivity index (χ2v) is 4.13. The van der Waals surface area contributed by atoms with Crippen LogP contribution in [0.5, 0.6) is 11.5 Å². The Bertz CT molecular complexity index is 613. The van der Waals surface area contributed by atoms with Crippen molar-refractivity contribution in [1.29, 1.82) is 0 Å². The van der Waals surface area contributed by atoms with Gasteiger partial charge in [0.1, 0.15) is 11.8 Å². The Kier molecular flexibility index (Phi) is 4.41. The van der Waals surface area contributed by atoms with Crippen LogP contribution in [0.2, 0.25) is 5.15 Å². The van der Waals surface area contributed by atoms with Crippen molar-refractivity contribution in [3.8, 4) is 11.5 Å². The second kappa shape index (κ2) is 6.24. The lowest BCUT2D eigenvalue weighted by Crippen LogP contribution is -2.22. The van der Waals surface area contributed by atoms with Crippen LogP contribution < -0.4 is 15.0 Å². The fraction of sp³-hybridized carbons (Fsp3) is 0.231. The lowest BCUT2D eigenvalue weighted by atomic mass is 10.3. The average molecular weight is 281 g/mol. The van der Waals surface area contributed by atoms with Gasteiger partial charge in [-0.25, -0.2) is 4.98 Å². The Labute approximate surface area is 115 Å². The highest BCUT2D eigenvalue weighted by molar-refractivity contribution is 6.29. The number of methoxy groups -OCH3 is 1. The first-order chi connectivity index (χ1) is 9.20. The van der Waals surface area contributed by atoms with E-state index in [0.29, 0.717) is 24.7 Å². The zero-order valence-electron chi connectivity index (χ0n) is 10.4. The molecule has 0 aliphatic rings. The SMILES string of the molecule is COc1ccccc1OCCn1cnc(Cl)cc1=O. The van der Waals surface area contributed by atoms with E-state index in [1.165, 1.54) is 17.0 Å². The number of benzene rings is 1. The summed E-state index contributed by atoms with van der Waals surface area (Å²) >= 11 is 5.61. The van der Waals surface area contributed by atoms with Gasteiger partial charge in [0, 0.05) is 6.07 Å². The summed E-state index contributed by atoms with van der Waals surface area (Å²) in [5.74, 6) is 1.30. The molecule has 0 atom stereocenters. The molecule has 19 heavy (non-hydrogen) atoms. The van der Waals surface area contributed by atoms with Gasteiger partial charge in [0.2, 0.25) is 0 Å². The topological polar surface area (TPSA) is 53.4 Å². The number of aromatic nitrogens is 2. The Hall–Kier alpha value is -2.01. The number of rotatable bonds is 5. The van der Waals surface area contributed by atoms with Crippen molar-refractivity contribution in [3.05, 3.63) is 52.2 Å². The monoisotopic (exact) mass is 280 g/mol. The molecule has 0 fully saturated rings.